The maximum Gasteiger partial charge on any atom is 0.180 e. The van der Waals surface area contributed by atoms with Gasteiger partial charge in [-0.05, 0) is 35.4 Å². The lowest BCUT2D eigenvalue weighted by Gasteiger charge is -2.00. The van der Waals surface area contributed by atoms with Gasteiger partial charge in [0.25, 0.3) is 0 Å². The minimum Gasteiger partial charge on any atom is -0.377 e. The van der Waals surface area contributed by atoms with Crippen LogP contribution in [0.2, 0.25) is 5.02 Å². The molecular weight excluding hydrogens is 370 g/mol. The Bertz CT molecular complexity index is 656. The van der Waals surface area contributed by atoms with Gasteiger partial charge in [-0.15, -0.1) is 5.10 Å². The van der Waals surface area contributed by atoms with E-state index in [1.165, 1.54) is 11.8 Å². The van der Waals surface area contributed by atoms with Crippen molar-refractivity contribution < 1.29 is 0 Å². The van der Waals surface area contributed by atoms with E-state index in [9.17, 15) is 0 Å². The molecule has 0 spiro atoms. The maximum absolute atomic E-state index is 5.83. The average Bonchev–Trinajstić information content (AvgIpc) is 2.47. The molecule has 3 nitrogen and oxygen atoms in total. The lowest BCUT2D eigenvalue weighted by molar-refractivity contribution is 1.25. The van der Waals surface area contributed by atoms with E-state index in [4.69, 9.17) is 17.3 Å². The number of thioether (sulfide) groups is 1. The van der Waals surface area contributed by atoms with Gasteiger partial charge in [0, 0.05) is 15.2 Å². The van der Waals surface area contributed by atoms with Gasteiger partial charge in [-0.3, -0.25) is 0 Å². The minimum absolute atomic E-state index is 0.427. The van der Waals surface area contributed by atoms with E-state index in [0.717, 1.165) is 26.4 Å². The summed E-state index contributed by atoms with van der Waals surface area (Å²) >= 11 is 10.7. The fraction of sp³-hybridized carbons (Fsp3) is 0.0667. The zero-order valence-electron chi connectivity index (χ0n) is 11.0. The van der Waals surface area contributed by atoms with Gasteiger partial charge < -0.3 is 5.73 Å². The maximum atomic E-state index is 5.83. The van der Waals surface area contributed by atoms with Crippen molar-refractivity contribution in [2.45, 2.75) is 5.75 Å². The number of benzene rings is 2. The summed E-state index contributed by atoms with van der Waals surface area (Å²) < 4.78 is 1.00. The first kappa shape index (κ1) is 16.1. The number of nitrogens with two attached hydrogens (primary N) is 1. The van der Waals surface area contributed by atoms with Gasteiger partial charge in [0.05, 0.1) is 6.21 Å². The second-order valence-corrected chi connectivity index (χ2v) is 6.50. The highest BCUT2D eigenvalue weighted by Gasteiger charge is 1.97. The molecule has 21 heavy (non-hydrogen) atoms. The highest BCUT2D eigenvalue weighted by atomic mass is 79.9. The van der Waals surface area contributed by atoms with E-state index in [-0.39, 0.29) is 0 Å². The van der Waals surface area contributed by atoms with Crippen LogP contribution in [0.15, 0.2) is 63.2 Å². The quantitative estimate of drug-likeness (QED) is 0.474. The van der Waals surface area contributed by atoms with Gasteiger partial charge in [0.15, 0.2) is 5.17 Å². The van der Waals surface area contributed by atoms with E-state index in [2.05, 4.69) is 26.1 Å². The zero-order chi connectivity index (χ0) is 15.1. The first-order chi connectivity index (χ1) is 10.1. The van der Waals surface area contributed by atoms with Crippen LogP contribution in [-0.2, 0) is 5.75 Å². The van der Waals surface area contributed by atoms with Crippen molar-refractivity contribution in [2.75, 3.05) is 0 Å². The number of rotatable bonds is 4. The van der Waals surface area contributed by atoms with E-state index in [1.807, 2.05) is 48.5 Å². The summed E-state index contributed by atoms with van der Waals surface area (Å²) in [5, 5.41) is 9.10. The van der Waals surface area contributed by atoms with Gasteiger partial charge in [0.1, 0.15) is 0 Å². The smallest absolute Gasteiger partial charge is 0.180 e. The van der Waals surface area contributed by atoms with Crippen molar-refractivity contribution in [3.05, 3.63) is 69.2 Å². The summed E-state index contributed by atoms with van der Waals surface area (Å²) in [7, 11) is 0. The second kappa shape index (κ2) is 8.22. The van der Waals surface area contributed by atoms with E-state index < -0.39 is 0 Å². The summed E-state index contributed by atoms with van der Waals surface area (Å²) in [4.78, 5) is 0. The first-order valence-corrected chi connectivity index (χ1v) is 8.28. The van der Waals surface area contributed by atoms with Gasteiger partial charge in [0.2, 0.25) is 0 Å². The second-order valence-electron chi connectivity index (χ2n) is 4.15. The molecule has 0 unspecified atom stereocenters. The van der Waals surface area contributed by atoms with Crippen molar-refractivity contribution in [1.82, 2.24) is 0 Å². The molecule has 0 heterocycles. The normalized spacial score (nSPS) is 12.0. The SMILES string of the molecule is N/C(=N\N=C\c1cccc(Br)c1)SCc1ccc(Cl)cc1. The molecule has 0 aliphatic carbocycles. The van der Waals surface area contributed by atoms with Crippen molar-refractivity contribution in [1.29, 1.82) is 0 Å². The van der Waals surface area contributed by atoms with Crippen LogP contribution >= 0.6 is 39.3 Å². The summed E-state index contributed by atoms with van der Waals surface area (Å²) in [5.41, 5.74) is 7.91. The summed E-state index contributed by atoms with van der Waals surface area (Å²) in [6, 6.07) is 15.4. The Morgan fingerprint density at radius 2 is 2.00 bits per heavy atom. The monoisotopic (exact) mass is 381 g/mol. The van der Waals surface area contributed by atoms with Crippen LogP contribution in [0.1, 0.15) is 11.1 Å². The fourth-order valence-electron chi connectivity index (χ4n) is 1.51. The van der Waals surface area contributed by atoms with E-state index in [1.54, 1.807) is 6.21 Å². The number of halogens is 2. The summed E-state index contributed by atoms with van der Waals surface area (Å²) in [5.74, 6) is 0.735. The molecular formula is C15H13BrClN3S. The molecule has 2 aromatic rings. The van der Waals surface area contributed by atoms with Gasteiger partial charge in [-0.25, -0.2) is 0 Å². The minimum atomic E-state index is 0.427. The number of hydrogen-bond acceptors (Lipinski definition) is 3. The molecule has 0 aromatic heterocycles. The molecule has 0 bridgehead atoms. The Morgan fingerprint density at radius 1 is 1.24 bits per heavy atom. The molecule has 6 heteroatoms. The molecule has 2 N–H and O–H groups in total. The van der Waals surface area contributed by atoms with Crippen LogP contribution < -0.4 is 5.73 Å². The number of hydrogen-bond donors (Lipinski definition) is 1. The molecule has 0 fully saturated rings. The lowest BCUT2D eigenvalue weighted by Crippen LogP contribution is -2.06. The molecule has 0 amide bonds. The first-order valence-electron chi connectivity index (χ1n) is 6.13. The molecule has 2 rings (SSSR count). The third-order valence-electron chi connectivity index (χ3n) is 2.51. The van der Waals surface area contributed by atoms with Crippen molar-refractivity contribution in [3.63, 3.8) is 0 Å². The predicted molar refractivity (Wildman–Crippen MR) is 96.1 cm³/mol. The topological polar surface area (TPSA) is 50.7 Å². The number of nitrogens with zero attached hydrogens (tertiary/aromatic N) is 2. The van der Waals surface area contributed by atoms with Crippen LogP contribution in [-0.4, -0.2) is 11.4 Å². The van der Waals surface area contributed by atoms with Crippen molar-refractivity contribution in [2.24, 2.45) is 15.9 Å². The third-order valence-corrected chi connectivity index (χ3v) is 4.11. The molecule has 0 atom stereocenters. The van der Waals surface area contributed by atoms with Crippen LogP contribution in [0.5, 0.6) is 0 Å². The van der Waals surface area contributed by atoms with Gasteiger partial charge >= 0.3 is 0 Å². The largest absolute Gasteiger partial charge is 0.377 e. The standard InChI is InChI=1S/C15H13BrClN3S/c16-13-3-1-2-12(8-13)9-19-20-15(18)21-10-11-4-6-14(17)7-5-11/h1-9H,10H2,(H2,18,20)/b19-9+. The van der Waals surface area contributed by atoms with Crippen LogP contribution in [0, 0.1) is 0 Å². The lowest BCUT2D eigenvalue weighted by atomic mass is 10.2. The van der Waals surface area contributed by atoms with Gasteiger partial charge in [-0.1, -0.05) is 63.6 Å². The summed E-state index contributed by atoms with van der Waals surface area (Å²) in [6.07, 6.45) is 1.67. The van der Waals surface area contributed by atoms with Crippen LogP contribution in [0.3, 0.4) is 0 Å². The zero-order valence-corrected chi connectivity index (χ0v) is 14.2. The Labute approximate surface area is 141 Å². The predicted octanol–water partition coefficient (Wildman–Crippen LogP) is 4.68. The van der Waals surface area contributed by atoms with Crippen LogP contribution in [0.25, 0.3) is 0 Å². The molecule has 0 radical (unpaired) electrons. The molecule has 2 aromatic carbocycles. The Hall–Kier alpha value is -1.30. The third kappa shape index (κ3) is 5.91. The Morgan fingerprint density at radius 3 is 2.71 bits per heavy atom. The van der Waals surface area contributed by atoms with E-state index >= 15 is 0 Å². The van der Waals surface area contributed by atoms with Crippen molar-refractivity contribution >= 4 is 50.7 Å². The molecule has 0 aliphatic rings. The Balaban J connectivity index is 1.88. The fourth-order valence-corrected chi connectivity index (χ4v) is 2.66. The van der Waals surface area contributed by atoms with Crippen molar-refractivity contribution in [3.8, 4) is 0 Å². The highest BCUT2D eigenvalue weighted by Crippen LogP contribution is 2.15. The van der Waals surface area contributed by atoms with Gasteiger partial charge in [-0.2, -0.15) is 5.10 Å². The highest BCUT2D eigenvalue weighted by molar-refractivity contribution is 9.10. The van der Waals surface area contributed by atoms with E-state index in [0.29, 0.717) is 5.17 Å². The molecule has 0 aliphatic heterocycles. The van der Waals surface area contributed by atoms with Crippen LogP contribution in [0.4, 0.5) is 0 Å². The number of amidine groups is 1. The average molecular weight is 383 g/mol. The Kier molecular flexibility index (Phi) is 6.29. The summed E-state index contributed by atoms with van der Waals surface area (Å²) in [6.45, 7) is 0. The molecule has 108 valence electrons. The molecule has 0 saturated carbocycles. The molecule has 0 saturated heterocycles.